The van der Waals surface area contributed by atoms with Gasteiger partial charge in [0.25, 0.3) is 0 Å². The number of nitrogens with zero attached hydrogens (tertiary/aromatic N) is 4. The normalized spacial score (nSPS) is 17.1. The first-order valence-corrected chi connectivity index (χ1v) is 8.37. The molecule has 0 amide bonds. The summed E-state index contributed by atoms with van der Waals surface area (Å²) in [6.45, 7) is 7.20. The Hall–Kier alpha value is -2.12. The fourth-order valence-corrected chi connectivity index (χ4v) is 3.13. The summed E-state index contributed by atoms with van der Waals surface area (Å²) in [7, 11) is 0. The van der Waals surface area contributed by atoms with Crippen LogP contribution in [0.15, 0.2) is 29.5 Å². The standard InChI is InChI=1S/C16H17Cl2N5O2/c1-8-12(14(24)25-16(2,3)4)13(23-15(19-8)20-21-22-23)10-6-5-9(17)7-11(10)18/h5-7,13H,1-4H3,(H,19,20,22). The van der Waals surface area contributed by atoms with Crippen LogP contribution < -0.4 is 5.32 Å². The molecular formula is C16H17Cl2N5O2. The molecule has 7 nitrogen and oxygen atoms in total. The van der Waals surface area contributed by atoms with Crippen molar-refractivity contribution in [3.63, 3.8) is 0 Å². The molecular weight excluding hydrogens is 365 g/mol. The van der Waals surface area contributed by atoms with E-state index in [2.05, 4.69) is 20.8 Å². The molecule has 0 spiro atoms. The van der Waals surface area contributed by atoms with E-state index in [-0.39, 0.29) is 0 Å². The number of allylic oxidation sites excluding steroid dienone is 1. The molecule has 9 heteroatoms. The number of aromatic nitrogens is 4. The van der Waals surface area contributed by atoms with E-state index in [1.165, 1.54) is 4.68 Å². The maximum atomic E-state index is 12.8. The van der Waals surface area contributed by atoms with Crippen LogP contribution in [0.5, 0.6) is 0 Å². The van der Waals surface area contributed by atoms with Gasteiger partial charge in [-0.05, 0) is 50.3 Å². The lowest BCUT2D eigenvalue weighted by atomic mass is 9.95. The van der Waals surface area contributed by atoms with Crippen LogP contribution in [0.3, 0.4) is 0 Å². The molecule has 25 heavy (non-hydrogen) atoms. The third kappa shape index (κ3) is 3.48. The molecule has 2 aromatic rings. The van der Waals surface area contributed by atoms with Crippen molar-refractivity contribution in [2.24, 2.45) is 0 Å². The number of benzene rings is 1. The van der Waals surface area contributed by atoms with E-state index in [1.807, 2.05) is 20.8 Å². The molecule has 0 saturated carbocycles. The average molecular weight is 382 g/mol. The van der Waals surface area contributed by atoms with Crippen molar-refractivity contribution in [2.45, 2.75) is 39.3 Å². The van der Waals surface area contributed by atoms with Gasteiger partial charge in [0, 0.05) is 21.3 Å². The van der Waals surface area contributed by atoms with Crippen LogP contribution in [-0.2, 0) is 9.53 Å². The van der Waals surface area contributed by atoms with Crippen LogP contribution in [-0.4, -0.2) is 31.8 Å². The van der Waals surface area contributed by atoms with Gasteiger partial charge in [-0.15, -0.1) is 0 Å². The van der Waals surface area contributed by atoms with Gasteiger partial charge in [0.15, 0.2) is 0 Å². The number of halogens is 2. The Labute approximate surface area is 154 Å². The highest BCUT2D eigenvalue weighted by atomic mass is 35.5. The molecule has 0 bridgehead atoms. The number of hydrogen-bond acceptors (Lipinski definition) is 6. The van der Waals surface area contributed by atoms with Crippen molar-refractivity contribution >= 4 is 35.1 Å². The van der Waals surface area contributed by atoms with Gasteiger partial charge in [-0.25, -0.2) is 4.79 Å². The molecule has 1 aliphatic rings. The zero-order valence-corrected chi connectivity index (χ0v) is 15.7. The van der Waals surface area contributed by atoms with Crippen LogP contribution in [0, 0.1) is 0 Å². The maximum absolute atomic E-state index is 12.8. The molecule has 1 N–H and O–H groups in total. The van der Waals surface area contributed by atoms with E-state index < -0.39 is 17.6 Å². The summed E-state index contributed by atoms with van der Waals surface area (Å²) < 4.78 is 7.07. The number of ether oxygens (including phenoxy) is 1. The number of nitrogens with one attached hydrogen (secondary N) is 1. The first-order chi connectivity index (χ1) is 11.7. The smallest absolute Gasteiger partial charge is 0.338 e. The fraction of sp³-hybridized carbons (Fsp3) is 0.375. The van der Waals surface area contributed by atoms with Crippen molar-refractivity contribution < 1.29 is 9.53 Å². The van der Waals surface area contributed by atoms with Crippen molar-refractivity contribution in [1.29, 1.82) is 0 Å². The minimum Gasteiger partial charge on any atom is -0.456 e. The quantitative estimate of drug-likeness (QED) is 0.800. The summed E-state index contributed by atoms with van der Waals surface area (Å²) in [5.41, 5.74) is 1.01. The Bertz CT molecular complexity index is 870. The topological polar surface area (TPSA) is 81.9 Å². The first kappa shape index (κ1) is 17.7. The monoisotopic (exact) mass is 381 g/mol. The molecule has 2 heterocycles. The molecule has 0 radical (unpaired) electrons. The number of hydrogen-bond donors (Lipinski definition) is 1. The van der Waals surface area contributed by atoms with E-state index in [0.29, 0.717) is 32.8 Å². The number of anilines is 1. The van der Waals surface area contributed by atoms with E-state index in [9.17, 15) is 4.79 Å². The average Bonchev–Trinajstić information content (AvgIpc) is 2.92. The van der Waals surface area contributed by atoms with E-state index in [0.717, 1.165) is 0 Å². The minimum absolute atomic E-state index is 0.388. The van der Waals surface area contributed by atoms with Crippen LogP contribution >= 0.6 is 23.2 Å². The number of tetrazole rings is 1. The summed E-state index contributed by atoms with van der Waals surface area (Å²) in [4.78, 5) is 12.8. The largest absolute Gasteiger partial charge is 0.456 e. The molecule has 0 aliphatic carbocycles. The van der Waals surface area contributed by atoms with Gasteiger partial charge in [0.1, 0.15) is 11.6 Å². The second kappa shape index (κ2) is 6.31. The van der Waals surface area contributed by atoms with Gasteiger partial charge in [0.05, 0.1) is 5.57 Å². The van der Waals surface area contributed by atoms with E-state index >= 15 is 0 Å². The Morgan fingerprint density at radius 2 is 2.04 bits per heavy atom. The van der Waals surface area contributed by atoms with E-state index in [1.54, 1.807) is 25.1 Å². The third-order valence-corrected chi connectivity index (χ3v) is 4.15. The molecule has 0 saturated heterocycles. The van der Waals surface area contributed by atoms with Crippen molar-refractivity contribution in [3.8, 4) is 0 Å². The highest BCUT2D eigenvalue weighted by molar-refractivity contribution is 6.35. The van der Waals surface area contributed by atoms with Crippen LogP contribution in [0.2, 0.25) is 10.0 Å². The molecule has 0 fully saturated rings. The van der Waals surface area contributed by atoms with Crippen LogP contribution in [0.1, 0.15) is 39.3 Å². The Morgan fingerprint density at radius 1 is 1.32 bits per heavy atom. The zero-order valence-electron chi connectivity index (χ0n) is 14.2. The lowest BCUT2D eigenvalue weighted by Gasteiger charge is -2.30. The summed E-state index contributed by atoms with van der Waals surface area (Å²) in [6, 6.07) is 4.46. The van der Waals surface area contributed by atoms with Crippen molar-refractivity contribution in [2.75, 3.05) is 5.32 Å². The summed E-state index contributed by atoms with van der Waals surface area (Å²) in [5, 5.41) is 15.6. The molecule has 1 aromatic carbocycles. The molecule has 1 aliphatic heterocycles. The first-order valence-electron chi connectivity index (χ1n) is 7.61. The number of rotatable bonds is 2. The summed E-state index contributed by atoms with van der Waals surface area (Å²) in [6.07, 6.45) is 0. The van der Waals surface area contributed by atoms with Crippen LogP contribution in [0.25, 0.3) is 0 Å². The van der Waals surface area contributed by atoms with Gasteiger partial charge in [-0.2, -0.15) is 4.68 Å². The van der Waals surface area contributed by atoms with Crippen LogP contribution in [0.4, 0.5) is 5.95 Å². The molecule has 1 unspecified atom stereocenters. The summed E-state index contributed by atoms with van der Waals surface area (Å²) in [5.74, 6) is -0.0458. The lowest BCUT2D eigenvalue weighted by Crippen LogP contribution is -2.33. The minimum atomic E-state index is -0.639. The molecule has 1 atom stereocenters. The molecule has 1 aromatic heterocycles. The molecule has 3 rings (SSSR count). The highest BCUT2D eigenvalue weighted by Crippen LogP contribution is 2.39. The van der Waals surface area contributed by atoms with E-state index in [4.69, 9.17) is 27.9 Å². The Morgan fingerprint density at radius 3 is 2.68 bits per heavy atom. The van der Waals surface area contributed by atoms with Gasteiger partial charge >= 0.3 is 5.97 Å². The van der Waals surface area contributed by atoms with Gasteiger partial charge in [-0.1, -0.05) is 34.4 Å². The van der Waals surface area contributed by atoms with Crippen molar-refractivity contribution in [3.05, 3.63) is 45.1 Å². The predicted octanol–water partition coefficient (Wildman–Crippen LogP) is 3.61. The molecule has 132 valence electrons. The Kier molecular flexibility index (Phi) is 4.47. The third-order valence-electron chi connectivity index (χ3n) is 3.59. The van der Waals surface area contributed by atoms with Gasteiger partial charge in [0.2, 0.25) is 5.95 Å². The maximum Gasteiger partial charge on any atom is 0.338 e. The number of fused-ring (bicyclic) bond motifs is 1. The van der Waals surface area contributed by atoms with Gasteiger partial charge < -0.3 is 10.1 Å². The fourth-order valence-electron chi connectivity index (χ4n) is 2.62. The van der Waals surface area contributed by atoms with Gasteiger partial charge in [-0.3, -0.25) is 0 Å². The number of esters is 1. The zero-order chi connectivity index (χ0) is 18.4. The second-order valence-electron chi connectivity index (χ2n) is 6.68. The SMILES string of the molecule is CC1=C(C(=O)OC(C)(C)C)C(c2ccc(Cl)cc2Cl)n2nnnc2N1. The van der Waals surface area contributed by atoms with Crippen molar-refractivity contribution in [1.82, 2.24) is 20.2 Å². The second-order valence-corrected chi connectivity index (χ2v) is 7.52. The lowest BCUT2D eigenvalue weighted by molar-refractivity contribution is -0.150. The number of carbonyl (C=O) groups excluding carboxylic acids is 1. The predicted molar refractivity (Wildman–Crippen MR) is 94.6 cm³/mol. The number of carbonyl (C=O) groups is 1. The summed E-state index contributed by atoms with van der Waals surface area (Å²) >= 11 is 12.4. The Balaban J connectivity index is 2.15. The highest BCUT2D eigenvalue weighted by Gasteiger charge is 2.37.